The van der Waals surface area contributed by atoms with Gasteiger partial charge >= 0.3 is 5.97 Å². The number of hydrogen-bond acceptors (Lipinski definition) is 4. The van der Waals surface area contributed by atoms with Gasteiger partial charge in [0.05, 0.1) is 31.7 Å². The van der Waals surface area contributed by atoms with Crippen molar-refractivity contribution in [3.8, 4) is 5.75 Å². The second-order valence-electron chi connectivity index (χ2n) is 5.98. The molecule has 130 valence electrons. The van der Waals surface area contributed by atoms with E-state index in [0.717, 1.165) is 23.4 Å². The van der Waals surface area contributed by atoms with Gasteiger partial charge in [0.15, 0.2) is 0 Å². The number of benzene rings is 2. The first-order valence-electron chi connectivity index (χ1n) is 8.26. The van der Waals surface area contributed by atoms with Crippen LogP contribution >= 0.6 is 0 Å². The van der Waals surface area contributed by atoms with Gasteiger partial charge in [-0.2, -0.15) is 0 Å². The molecule has 2 atom stereocenters. The second-order valence-corrected chi connectivity index (χ2v) is 5.98. The Morgan fingerprint density at radius 2 is 1.68 bits per heavy atom. The summed E-state index contributed by atoms with van der Waals surface area (Å²) in [5, 5.41) is 0. The van der Waals surface area contributed by atoms with Crippen LogP contribution < -0.4 is 9.64 Å². The average Bonchev–Trinajstić information content (AvgIpc) is 2.66. The van der Waals surface area contributed by atoms with Gasteiger partial charge in [0.25, 0.3) is 0 Å². The number of carbonyl (C=O) groups excluding carboxylic acids is 2. The molecule has 1 aliphatic heterocycles. The molecule has 0 bridgehead atoms. The molecule has 1 amide bonds. The molecule has 1 aliphatic rings. The maximum absolute atomic E-state index is 12.6. The minimum Gasteiger partial charge on any atom is -0.497 e. The van der Waals surface area contributed by atoms with Crippen LogP contribution in [0.1, 0.15) is 35.3 Å². The number of β-lactam (4-membered cyclic amide) rings is 1. The molecule has 1 heterocycles. The molecule has 0 saturated carbocycles. The van der Waals surface area contributed by atoms with Gasteiger partial charge in [0.1, 0.15) is 5.75 Å². The molecule has 0 N–H and O–H groups in total. The first kappa shape index (κ1) is 17.0. The third kappa shape index (κ3) is 2.97. The molecule has 1 fully saturated rings. The Bertz CT molecular complexity index is 767. The number of nitrogens with zero attached hydrogens (tertiary/aromatic N) is 1. The number of rotatable bonds is 5. The minimum atomic E-state index is -0.365. The van der Waals surface area contributed by atoms with Crippen LogP contribution in [0.3, 0.4) is 0 Å². The molecule has 0 aromatic heterocycles. The summed E-state index contributed by atoms with van der Waals surface area (Å²) in [6.45, 7) is 2.02. The van der Waals surface area contributed by atoms with Gasteiger partial charge in [-0.15, -0.1) is 0 Å². The lowest BCUT2D eigenvalue weighted by molar-refractivity contribution is -0.130. The topological polar surface area (TPSA) is 55.8 Å². The van der Waals surface area contributed by atoms with E-state index in [2.05, 4.69) is 0 Å². The number of esters is 1. The molecule has 1 saturated heterocycles. The number of carbonyl (C=O) groups is 2. The molecular weight excluding hydrogens is 318 g/mol. The Morgan fingerprint density at radius 3 is 2.20 bits per heavy atom. The summed E-state index contributed by atoms with van der Waals surface area (Å²) < 4.78 is 9.91. The van der Waals surface area contributed by atoms with E-state index in [9.17, 15) is 9.59 Å². The predicted molar refractivity (Wildman–Crippen MR) is 94.8 cm³/mol. The molecule has 0 aliphatic carbocycles. The molecular formula is C20H21NO4. The van der Waals surface area contributed by atoms with Gasteiger partial charge in [-0.1, -0.05) is 19.1 Å². The van der Waals surface area contributed by atoms with Gasteiger partial charge in [0, 0.05) is 5.69 Å². The second kappa shape index (κ2) is 6.97. The Labute approximate surface area is 147 Å². The summed E-state index contributed by atoms with van der Waals surface area (Å²) in [4.78, 5) is 26.0. The molecule has 0 radical (unpaired) electrons. The smallest absolute Gasteiger partial charge is 0.337 e. The summed E-state index contributed by atoms with van der Waals surface area (Å²) in [6, 6.07) is 14.7. The van der Waals surface area contributed by atoms with Crippen molar-refractivity contribution in [1.29, 1.82) is 0 Å². The fourth-order valence-electron chi connectivity index (χ4n) is 3.29. The fraction of sp³-hybridized carbons (Fsp3) is 0.300. The van der Waals surface area contributed by atoms with Crippen molar-refractivity contribution in [2.75, 3.05) is 19.1 Å². The van der Waals surface area contributed by atoms with Crippen molar-refractivity contribution in [3.05, 3.63) is 59.7 Å². The molecule has 5 nitrogen and oxygen atoms in total. The number of amides is 1. The zero-order chi connectivity index (χ0) is 18.0. The van der Waals surface area contributed by atoms with E-state index >= 15 is 0 Å². The number of anilines is 1. The monoisotopic (exact) mass is 339 g/mol. The minimum absolute atomic E-state index is 0.0300. The van der Waals surface area contributed by atoms with Gasteiger partial charge in [0.2, 0.25) is 5.91 Å². The first-order chi connectivity index (χ1) is 12.1. The van der Waals surface area contributed by atoms with Gasteiger partial charge in [-0.25, -0.2) is 4.79 Å². The van der Waals surface area contributed by atoms with Crippen LogP contribution in [0.15, 0.2) is 48.5 Å². The first-order valence-corrected chi connectivity index (χ1v) is 8.26. The summed E-state index contributed by atoms with van der Waals surface area (Å²) in [7, 11) is 2.97. The summed E-state index contributed by atoms with van der Waals surface area (Å²) >= 11 is 0. The largest absolute Gasteiger partial charge is 0.497 e. The van der Waals surface area contributed by atoms with Crippen LogP contribution in [0.5, 0.6) is 5.75 Å². The maximum Gasteiger partial charge on any atom is 0.337 e. The number of methoxy groups -OCH3 is 2. The maximum atomic E-state index is 12.6. The van der Waals surface area contributed by atoms with Crippen LogP contribution in [0, 0.1) is 5.92 Å². The van der Waals surface area contributed by atoms with Crippen LogP contribution in [0.25, 0.3) is 0 Å². The highest BCUT2D eigenvalue weighted by Gasteiger charge is 2.47. The Hall–Kier alpha value is -2.82. The van der Waals surface area contributed by atoms with Gasteiger partial charge < -0.3 is 14.4 Å². The summed E-state index contributed by atoms with van der Waals surface area (Å²) in [5.41, 5.74) is 2.36. The Morgan fingerprint density at radius 1 is 1.04 bits per heavy atom. The molecule has 25 heavy (non-hydrogen) atoms. The molecule has 0 unspecified atom stereocenters. The Kier molecular flexibility index (Phi) is 4.74. The van der Waals surface area contributed by atoms with Crippen LogP contribution in [-0.4, -0.2) is 26.1 Å². The van der Waals surface area contributed by atoms with E-state index < -0.39 is 0 Å². The fourth-order valence-corrected chi connectivity index (χ4v) is 3.29. The van der Waals surface area contributed by atoms with Crippen LogP contribution in [0.2, 0.25) is 0 Å². The standard InChI is InChI=1S/C20H21NO4/c1-4-17-18(13-5-7-14(8-6-13)20(23)25-3)21(19(17)22)15-9-11-16(24-2)12-10-15/h5-12,17-18H,4H2,1-3H3/t17-,18-/m1/s1. The van der Waals surface area contributed by atoms with E-state index in [1.165, 1.54) is 7.11 Å². The molecule has 2 aromatic carbocycles. The van der Waals surface area contributed by atoms with Crippen molar-refractivity contribution in [3.63, 3.8) is 0 Å². The molecule has 5 heteroatoms. The highest BCUT2D eigenvalue weighted by molar-refractivity contribution is 6.03. The zero-order valence-corrected chi connectivity index (χ0v) is 14.6. The highest BCUT2D eigenvalue weighted by atomic mass is 16.5. The normalized spacial score (nSPS) is 19.3. The quantitative estimate of drug-likeness (QED) is 0.617. The zero-order valence-electron chi connectivity index (χ0n) is 14.6. The van der Waals surface area contributed by atoms with Crippen molar-refractivity contribution < 1.29 is 19.1 Å². The lowest BCUT2D eigenvalue weighted by Gasteiger charge is -2.47. The van der Waals surface area contributed by atoms with Crippen LogP contribution in [0.4, 0.5) is 5.69 Å². The van der Waals surface area contributed by atoms with E-state index in [1.807, 2.05) is 43.3 Å². The van der Waals surface area contributed by atoms with Crippen LogP contribution in [-0.2, 0) is 9.53 Å². The van der Waals surface area contributed by atoms with E-state index in [1.54, 1.807) is 24.1 Å². The lowest BCUT2D eigenvalue weighted by atomic mass is 9.80. The predicted octanol–water partition coefficient (Wildman–Crippen LogP) is 3.60. The van der Waals surface area contributed by atoms with E-state index in [-0.39, 0.29) is 23.8 Å². The molecule has 3 rings (SSSR count). The van der Waals surface area contributed by atoms with Gasteiger partial charge in [-0.05, 0) is 48.4 Å². The van der Waals surface area contributed by atoms with Crippen molar-refractivity contribution in [2.24, 2.45) is 5.92 Å². The molecule has 2 aromatic rings. The SMILES string of the molecule is CC[C@H]1C(=O)N(c2ccc(OC)cc2)[C@@H]1c1ccc(C(=O)OC)cc1. The lowest BCUT2D eigenvalue weighted by Crippen LogP contribution is -2.55. The third-order valence-electron chi connectivity index (χ3n) is 4.68. The summed E-state index contributed by atoms with van der Waals surface area (Å²) in [5.74, 6) is 0.457. The summed E-state index contributed by atoms with van der Waals surface area (Å²) in [6.07, 6.45) is 0.773. The Balaban J connectivity index is 1.90. The third-order valence-corrected chi connectivity index (χ3v) is 4.68. The van der Waals surface area contributed by atoms with E-state index in [0.29, 0.717) is 5.56 Å². The van der Waals surface area contributed by atoms with E-state index in [4.69, 9.17) is 9.47 Å². The highest BCUT2D eigenvalue weighted by Crippen LogP contribution is 2.45. The average molecular weight is 339 g/mol. The van der Waals surface area contributed by atoms with Crippen molar-refractivity contribution in [2.45, 2.75) is 19.4 Å². The molecule has 0 spiro atoms. The van der Waals surface area contributed by atoms with Gasteiger partial charge in [-0.3, -0.25) is 4.79 Å². The van der Waals surface area contributed by atoms with Crippen molar-refractivity contribution in [1.82, 2.24) is 0 Å². The number of hydrogen-bond donors (Lipinski definition) is 0. The van der Waals surface area contributed by atoms with Crippen molar-refractivity contribution >= 4 is 17.6 Å². The number of ether oxygens (including phenoxy) is 2.